The minimum Gasteiger partial charge on any atom is -0.394 e. The summed E-state index contributed by atoms with van der Waals surface area (Å²) in [7, 11) is 0. The number of hydrogen-bond donors (Lipinski definition) is 1. The molecular weight excluding hydrogens is 718 g/mol. The van der Waals surface area contributed by atoms with Gasteiger partial charge >= 0.3 is 0 Å². The van der Waals surface area contributed by atoms with Crippen molar-refractivity contribution in [2.75, 3.05) is 11.5 Å². The lowest BCUT2D eigenvalue weighted by Crippen LogP contribution is -2.47. The van der Waals surface area contributed by atoms with E-state index in [4.69, 9.17) is 4.74 Å². The van der Waals surface area contributed by atoms with Crippen LogP contribution in [0.25, 0.3) is 0 Å². The minimum atomic E-state index is -1.10. The third kappa shape index (κ3) is 4.81. The molecule has 2 amide bonds. The number of anilines is 1. The fraction of sp³-hybridized carbons (Fsp3) is 0.355. The summed E-state index contributed by atoms with van der Waals surface area (Å²) >= 11 is 4.56. The zero-order valence-corrected chi connectivity index (χ0v) is 26.0. The van der Waals surface area contributed by atoms with Crippen molar-refractivity contribution < 1.29 is 19.4 Å². The van der Waals surface area contributed by atoms with Gasteiger partial charge in [0.25, 0.3) is 5.91 Å². The van der Waals surface area contributed by atoms with E-state index in [1.807, 2.05) is 35.2 Å². The number of hydrogen-bond acceptors (Lipinski definition) is 4. The van der Waals surface area contributed by atoms with Gasteiger partial charge in [0.2, 0.25) is 5.91 Å². The average molecular weight is 748 g/mol. The van der Waals surface area contributed by atoms with E-state index in [9.17, 15) is 14.7 Å². The first-order valence-corrected chi connectivity index (χ1v) is 15.5. The fourth-order valence-electron chi connectivity index (χ4n) is 6.45. The Labute approximate surface area is 256 Å². The lowest BCUT2D eigenvalue weighted by atomic mass is 9.83. The van der Waals surface area contributed by atoms with Gasteiger partial charge in [0, 0.05) is 25.2 Å². The van der Waals surface area contributed by atoms with Crippen molar-refractivity contribution in [3.8, 4) is 0 Å². The number of carbonyl (C=O) groups excluding carboxylic acids is 2. The van der Waals surface area contributed by atoms with Crippen LogP contribution in [0.3, 0.4) is 0 Å². The number of amides is 2. The molecule has 3 aliphatic rings. The highest BCUT2D eigenvalue weighted by Crippen LogP contribution is 2.54. The van der Waals surface area contributed by atoms with E-state index < -0.39 is 5.60 Å². The summed E-state index contributed by atoms with van der Waals surface area (Å²) in [6, 6.07) is 22.2. The molecule has 6 nitrogen and oxygen atoms in total. The monoisotopic (exact) mass is 748 g/mol. The first-order valence-electron chi connectivity index (χ1n) is 13.3. The SMILES string of the molecule is C[C@H]1C[C@@H](CC(=O)N2Cc3ccccc3C[C@H]2CO)O[C@]12C(=O)N(Cc1ccc(I)cc1)c1ccc(I)cc12. The largest absolute Gasteiger partial charge is 0.394 e. The van der Waals surface area contributed by atoms with Crippen molar-refractivity contribution in [3.05, 3.63) is 96.1 Å². The molecular formula is C31H30I2N2O4. The molecule has 0 bridgehead atoms. The Balaban J connectivity index is 1.26. The molecule has 3 aliphatic heterocycles. The van der Waals surface area contributed by atoms with Crippen LogP contribution < -0.4 is 4.90 Å². The molecule has 1 fully saturated rings. The summed E-state index contributed by atoms with van der Waals surface area (Å²) in [4.78, 5) is 31.4. The third-order valence-electron chi connectivity index (χ3n) is 8.42. The summed E-state index contributed by atoms with van der Waals surface area (Å²) < 4.78 is 8.89. The Morgan fingerprint density at radius 1 is 1.05 bits per heavy atom. The summed E-state index contributed by atoms with van der Waals surface area (Å²) in [5, 5.41) is 10.1. The lowest BCUT2D eigenvalue weighted by molar-refractivity contribution is -0.151. The topological polar surface area (TPSA) is 70.1 Å². The van der Waals surface area contributed by atoms with E-state index in [1.165, 1.54) is 5.56 Å². The highest BCUT2D eigenvalue weighted by atomic mass is 127. The molecule has 6 rings (SSSR count). The van der Waals surface area contributed by atoms with E-state index in [1.54, 1.807) is 4.90 Å². The van der Waals surface area contributed by atoms with Gasteiger partial charge in [-0.2, -0.15) is 0 Å². The van der Waals surface area contributed by atoms with Crippen LogP contribution in [0.15, 0.2) is 66.7 Å². The van der Waals surface area contributed by atoms with Gasteiger partial charge in [0.1, 0.15) is 0 Å². The molecule has 0 saturated carbocycles. The van der Waals surface area contributed by atoms with Crippen molar-refractivity contribution in [1.82, 2.24) is 4.90 Å². The van der Waals surface area contributed by atoms with Crippen molar-refractivity contribution in [2.45, 2.75) is 57.0 Å². The molecule has 1 N–H and O–H groups in total. The van der Waals surface area contributed by atoms with Gasteiger partial charge in [-0.3, -0.25) is 9.59 Å². The predicted octanol–water partition coefficient (Wildman–Crippen LogP) is 5.40. The highest BCUT2D eigenvalue weighted by molar-refractivity contribution is 14.1. The number of benzene rings is 3. The van der Waals surface area contributed by atoms with Gasteiger partial charge in [-0.1, -0.05) is 43.3 Å². The minimum absolute atomic E-state index is 0.0399. The number of carbonyl (C=O) groups is 2. The van der Waals surface area contributed by atoms with Crippen LogP contribution in [0, 0.1) is 13.1 Å². The van der Waals surface area contributed by atoms with Gasteiger partial charge in [0.05, 0.1) is 37.4 Å². The summed E-state index contributed by atoms with van der Waals surface area (Å²) in [6.07, 6.45) is 1.07. The van der Waals surface area contributed by atoms with E-state index in [0.29, 0.717) is 25.9 Å². The number of aliphatic hydroxyl groups is 1. The predicted molar refractivity (Wildman–Crippen MR) is 166 cm³/mol. The average Bonchev–Trinajstić information content (AvgIpc) is 3.38. The van der Waals surface area contributed by atoms with Gasteiger partial charge in [-0.25, -0.2) is 0 Å². The fourth-order valence-corrected chi connectivity index (χ4v) is 7.30. The second kappa shape index (κ2) is 10.8. The molecule has 3 heterocycles. The third-order valence-corrected chi connectivity index (χ3v) is 9.81. The number of ether oxygens (including phenoxy) is 1. The van der Waals surface area contributed by atoms with Crippen LogP contribution in [-0.2, 0) is 39.4 Å². The molecule has 3 aromatic rings. The van der Waals surface area contributed by atoms with E-state index >= 15 is 0 Å². The molecule has 1 spiro atoms. The quantitative estimate of drug-likeness (QED) is 0.356. The van der Waals surface area contributed by atoms with E-state index in [-0.39, 0.29) is 42.9 Å². The van der Waals surface area contributed by atoms with E-state index in [0.717, 1.165) is 29.5 Å². The van der Waals surface area contributed by atoms with Gasteiger partial charge < -0.3 is 19.6 Å². The van der Waals surface area contributed by atoms with Crippen LogP contribution in [0.2, 0.25) is 0 Å². The summed E-state index contributed by atoms with van der Waals surface area (Å²) in [5.74, 6) is -0.181. The Morgan fingerprint density at radius 3 is 2.51 bits per heavy atom. The maximum absolute atomic E-state index is 14.2. The second-order valence-corrected chi connectivity index (χ2v) is 13.3. The number of aliphatic hydroxyl groups excluding tert-OH is 1. The highest BCUT2D eigenvalue weighted by Gasteiger charge is 2.60. The van der Waals surface area contributed by atoms with Crippen LogP contribution in [-0.4, -0.2) is 40.6 Å². The number of nitrogens with zero attached hydrogens (tertiary/aromatic N) is 2. The zero-order chi connectivity index (χ0) is 27.3. The Hall–Kier alpha value is -2.02. The molecule has 3 aromatic carbocycles. The molecule has 1 saturated heterocycles. The molecule has 0 aromatic heterocycles. The van der Waals surface area contributed by atoms with Crippen LogP contribution >= 0.6 is 45.2 Å². The molecule has 4 atom stereocenters. The summed E-state index contributed by atoms with van der Waals surface area (Å²) in [5.41, 5.74) is 4.03. The molecule has 0 aliphatic carbocycles. The first kappa shape index (κ1) is 27.2. The van der Waals surface area contributed by atoms with Crippen LogP contribution in [0.4, 0.5) is 5.69 Å². The van der Waals surface area contributed by atoms with Crippen LogP contribution in [0.1, 0.15) is 42.0 Å². The van der Waals surface area contributed by atoms with Crippen molar-refractivity contribution in [3.63, 3.8) is 0 Å². The summed E-state index contributed by atoms with van der Waals surface area (Å²) in [6.45, 7) is 2.94. The van der Waals surface area contributed by atoms with Crippen molar-refractivity contribution in [1.29, 1.82) is 0 Å². The number of fused-ring (bicyclic) bond motifs is 3. The molecule has 39 heavy (non-hydrogen) atoms. The number of halogens is 2. The van der Waals surface area contributed by atoms with Gasteiger partial charge in [0.15, 0.2) is 5.60 Å². The second-order valence-electron chi connectivity index (χ2n) is 10.8. The molecule has 202 valence electrons. The Bertz CT molecular complexity index is 1430. The van der Waals surface area contributed by atoms with Crippen molar-refractivity contribution in [2.24, 2.45) is 5.92 Å². The van der Waals surface area contributed by atoms with E-state index in [2.05, 4.69) is 88.5 Å². The van der Waals surface area contributed by atoms with Crippen LogP contribution in [0.5, 0.6) is 0 Å². The molecule has 8 heteroatoms. The Morgan fingerprint density at radius 2 is 1.77 bits per heavy atom. The standard InChI is InChI=1S/C31H30I2N2O4/c1-19-12-26(15-29(37)34-17-22-5-3-2-4-21(22)13-25(34)18-36)39-31(19)27-14-24(33)10-11-28(27)35(30(31)38)16-20-6-8-23(32)9-7-20/h2-11,14,19,25-26,36H,12-13,15-18H2,1H3/t19-,25-,26-,31+/m0/s1. The molecule has 0 radical (unpaired) electrons. The maximum atomic E-state index is 14.2. The smallest absolute Gasteiger partial charge is 0.264 e. The molecule has 0 unspecified atom stereocenters. The Kier molecular flexibility index (Phi) is 7.49. The normalized spacial score (nSPS) is 25.7. The van der Waals surface area contributed by atoms with Crippen molar-refractivity contribution >= 4 is 62.7 Å². The first-order chi connectivity index (χ1) is 18.8. The lowest BCUT2D eigenvalue weighted by Gasteiger charge is -2.36. The maximum Gasteiger partial charge on any atom is 0.264 e. The van der Waals surface area contributed by atoms with Gasteiger partial charge in [-0.05, 0) is 105 Å². The number of rotatable bonds is 5. The zero-order valence-electron chi connectivity index (χ0n) is 21.6. The van der Waals surface area contributed by atoms with Gasteiger partial charge in [-0.15, -0.1) is 0 Å².